The molecule has 17 nitrogen and oxygen atoms in total. The number of nitrogens with one attached hydrogen (secondary N) is 1. The van der Waals surface area contributed by atoms with Crippen molar-refractivity contribution >= 4 is 74.5 Å². The number of rotatable bonds is 15. The Bertz CT molecular complexity index is 1900. The second-order valence-electron chi connectivity index (χ2n) is 15.8. The van der Waals surface area contributed by atoms with Crippen molar-refractivity contribution in [1.82, 2.24) is 10.2 Å². The zero-order valence-corrected chi connectivity index (χ0v) is 39.1. The minimum absolute atomic E-state index is 0.0241. The van der Waals surface area contributed by atoms with Crippen LogP contribution in [-0.2, 0) is 58.8 Å². The number of aliphatic hydroxyl groups is 1. The summed E-state index contributed by atoms with van der Waals surface area (Å²) in [4.78, 5) is 80.8. The molecule has 2 saturated heterocycles. The monoisotopic (exact) mass is 927 g/mol. The van der Waals surface area contributed by atoms with E-state index in [2.05, 4.69) is 5.32 Å². The van der Waals surface area contributed by atoms with E-state index in [-0.39, 0.29) is 48.3 Å². The third-order valence-electron chi connectivity index (χ3n) is 11.2. The molecule has 0 aromatic heterocycles. The Hall–Kier alpha value is -3.85. The Labute approximate surface area is 375 Å². The van der Waals surface area contributed by atoms with Crippen LogP contribution in [0.5, 0.6) is 5.75 Å². The Balaban J connectivity index is 1.55. The van der Waals surface area contributed by atoms with Gasteiger partial charge >= 0.3 is 18.0 Å². The molecule has 9 unspecified atom stereocenters. The maximum atomic E-state index is 14.2. The number of allylic oxidation sites excluding steroid dienone is 3. The van der Waals surface area contributed by atoms with Gasteiger partial charge in [-0.05, 0) is 51.8 Å². The molecule has 0 aliphatic carbocycles. The SMILES string of the molecule is COCC(=O)C(C)OC(=O)CSSCCC(=O)N(C)C(C)C(=O)OC1CC(=O)N(C)c2cc(cc(OC)c2Cl)C/C(C)=C/C=C/C(OC)C2(O)CC(OC(=O)N2)C(C)C2OC12C. The van der Waals surface area contributed by atoms with Crippen LogP contribution in [0.3, 0.4) is 0 Å². The highest BCUT2D eigenvalue weighted by Gasteiger charge is 2.64. The first kappa shape index (κ1) is 50.8. The molecule has 3 amide bonds. The Morgan fingerprint density at radius 1 is 1.15 bits per heavy atom. The highest BCUT2D eigenvalue weighted by Crippen LogP contribution is 2.49. The van der Waals surface area contributed by atoms with Crippen molar-refractivity contribution in [2.75, 3.05) is 58.4 Å². The van der Waals surface area contributed by atoms with Gasteiger partial charge in [0.05, 0.1) is 25.3 Å². The van der Waals surface area contributed by atoms with Gasteiger partial charge < -0.3 is 48.1 Å². The summed E-state index contributed by atoms with van der Waals surface area (Å²) in [6.07, 6.45) is -0.374. The van der Waals surface area contributed by atoms with Crippen LogP contribution in [0.2, 0.25) is 5.02 Å². The highest BCUT2D eigenvalue weighted by atomic mass is 35.5. The van der Waals surface area contributed by atoms with E-state index in [0.717, 1.165) is 21.9 Å². The molecule has 2 fully saturated rings. The molecular formula is C42H58ClN3O14S2. The summed E-state index contributed by atoms with van der Waals surface area (Å²) in [7, 11) is 9.68. The van der Waals surface area contributed by atoms with Crippen LogP contribution in [0.1, 0.15) is 59.4 Å². The number of ketones is 1. The fourth-order valence-corrected chi connectivity index (χ4v) is 9.31. The number of likely N-dealkylation sites (N-methyl/N-ethyl adjacent to an activating group) is 1. The number of hydrogen-bond acceptors (Lipinski definition) is 16. The molecule has 3 heterocycles. The van der Waals surface area contributed by atoms with Gasteiger partial charge in [0.15, 0.2) is 17.6 Å². The molecule has 1 aromatic carbocycles. The lowest BCUT2D eigenvalue weighted by molar-refractivity contribution is -0.162. The number of ether oxygens (including phenoxy) is 7. The summed E-state index contributed by atoms with van der Waals surface area (Å²) in [5, 5.41) is 14.5. The standard InChI is InChI=1S/C42H58ClN3O14S2/c1-23-12-11-13-32(56-10)42(53)20-31(58-40(52)44-42)24(2)38-41(5,60-38)33(19-35(49)46(7)28-17-27(16-23)18-30(55-9)37(28)43)59-39(51)25(3)45(6)34(48)14-15-61-62-22-36(50)57-26(4)29(47)21-54-8/h11-13,17-18,24-26,31-33,38,53H,14-16,19-22H2,1-10H3,(H,44,52)/b13-11+,23-12+. The molecule has 0 saturated carbocycles. The van der Waals surface area contributed by atoms with Gasteiger partial charge in [-0.1, -0.05) is 63.9 Å². The molecule has 344 valence electrons. The van der Waals surface area contributed by atoms with Crippen molar-refractivity contribution in [3.63, 3.8) is 0 Å². The largest absolute Gasteiger partial charge is 0.495 e. The fourth-order valence-electron chi connectivity index (χ4n) is 7.23. The number of halogens is 1. The van der Waals surface area contributed by atoms with Crippen LogP contribution in [0.15, 0.2) is 35.9 Å². The Kier molecular flexibility index (Phi) is 18.2. The van der Waals surface area contributed by atoms with E-state index in [9.17, 15) is 33.9 Å². The summed E-state index contributed by atoms with van der Waals surface area (Å²) in [5.41, 5.74) is -1.10. The molecule has 2 N–H and O–H groups in total. The maximum absolute atomic E-state index is 14.2. The molecule has 62 heavy (non-hydrogen) atoms. The van der Waals surface area contributed by atoms with Crippen molar-refractivity contribution in [1.29, 1.82) is 0 Å². The summed E-state index contributed by atoms with van der Waals surface area (Å²) in [6.45, 7) is 8.16. The molecule has 3 aliphatic heterocycles. The molecule has 4 bridgehead atoms. The van der Waals surface area contributed by atoms with Crippen LogP contribution < -0.4 is 15.0 Å². The highest BCUT2D eigenvalue weighted by molar-refractivity contribution is 8.76. The lowest BCUT2D eigenvalue weighted by Gasteiger charge is -2.42. The minimum atomic E-state index is -1.86. The van der Waals surface area contributed by atoms with E-state index in [1.165, 1.54) is 62.8 Å². The van der Waals surface area contributed by atoms with Crippen LogP contribution in [0.25, 0.3) is 0 Å². The number of benzene rings is 1. The van der Waals surface area contributed by atoms with Gasteiger partial charge in [0.25, 0.3) is 0 Å². The number of Topliss-reactive ketones (excluding diaryl/α,β-unsaturated/α-hetero) is 1. The van der Waals surface area contributed by atoms with E-state index in [0.29, 0.717) is 23.6 Å². The van der Waals surface area contributed by atoms with E-state index < -0.39 is 77.7 Å². The molecule has 9 atom stereocenters. The zero-order chi connectivity index (χ0) is 46.1. The van der Waals surface area contributed by atoms with E-state index in [4.69, 9.17) is 44.8 Å². The molecule has 20 heteroatoms. The lowest BCUT2D eigenvalue weighted by Crippen LogP contribution is -2.63. The fraction of sp³-hybridized carbons (Fsp3) is 0.619. The molecular weight excluding hydrogens is 870 g/mol. The number of esters is 2. The second-order valence-corrected chi connectivity index (χ2v) is 18.7. The van der Waals surface area contributed by atoms with Crippen molar-refractivity contribution in [2.45, 2.75) is 108 Å². The zero-order valence-electron chi connectivity index (χ0n) is 36.7. The van der Waals surface area contributed by atoms with Crippen LogP contribution in [0, 0.1) is 5.92 Å². The average molecular weight is 929 g/mol. The van der Waals surface area contributed by atoms with E-state index in [1.807, 2.05) is 13.0 Å². The van der Waals surface area contributed by atoms with Crippen LogP contribution in [-0.4, -0.2) is 147 Å². The molecule has 1 aromatic rings. The second kappa shape index (κ2) is 22.2. The first-order valence-corrected chi connectivity index (χ1v) is 22.9. The predicted octanol–water partition coefficient (Wildman–Crippen LogP) is 4.43. The topological polar surface area (TPSA) is 209 Å². The number of nitrogens with zero attached hydrogens (tertiary/aromatic N) is 2. The predicted molar refractivity (Wildman–Crippen MR) is 233 cm³/mol. The minimum Gasteiger partial charge on any atom is -0.495 e. The molecule has 0 radical (unpaired) electrons. The molecule has 4 rings (SSSR count). The molecule has 0 spiro atoms. The first-order valence-electron chi connectivity index (χ1n) is 20.0. The Morgan fingerprint density at radius 3 is 2.52 bits per heavy atom. The number of anilines is 1. The smallest absolute Gasteiger partial charge is 0.409 e. The summed E-state index contributed by atoms with van der Waals surface area (Å²) in [6, 6.07) is 2.45. The first-order chi connectivity index (χ1) is 29.2. The van der Waals surface area contributed by atoms with Crippen molar-refractivity contribution in [3.8, 4) is 5.75 Å². The van der Waals surface area contributed by atoms with Crippen molar-refractivity contribution in [2.24, 2.45) is 5.92 Å². The molecule has 3 aliphatic rings. The summed E-state index contributed by atoms with van der Waals surface area (Å²) < 4.78 is 39.1. The van der Waals surface area contributed by atoms with Crippen molar-refractivity contribution in [3.05, 3.63) is 46.5 Å². The van der Waals surface area contributed by atoms with Gasteiger partial charge in [-0.25, -0.2) is 9.59 Å². The van der Waals surface area contributed by atoms with Gasteiger partial charge in [-0.3, -0.25) is 24.5 Å². The summed E-state index contributed by atoms with van der Waals surface area (Å²) in [5.74, 6) is -2.58. The lowest BCUT2D eigenvalue weighted by atomic mass is 9.83. The van der Waals surface area contributed by atoms with E-state index in [1.54, 1.807) is 45.2 Å². The number of fused-ring (bicyclic) bond motifs is 5. The average Bonchev–Trinajstić information content (AvgIpc) is 3.92. The third-order valence-corrected chi connectivity index (χ3v) is 13.9. The normalized spacial score (nSPS) is 28.7. The number of alkyl carbamates (subject to hydrolysis) is 1. The number of methoxy groups -OCH3 is 3. The van der Waals surface area contributed by atoms with Gasteiger partial charge in [-0.2, -0.15) is 0 Å². The number of carbonyl (C=O) groups is 6. The van der Waals surface area contributed by atoms with Crippen LogP contribution >= 0.6 is 33.2 Å². The van der Waals surface area contributed by atoms with Crippen molar-refractivity contribution < 1.29 is 67.0 Å². The van der Waals surface area contributed by atoms with Gasteiger partial charge in [-0.15, -0.1) is 0 Å². The number of amides is 3. The number of carbonyl (C=O) groups excluding carboxylic acids is 6. The maximum Gasteiger partial charge on any atom is 0.409 e. The number of hydrogen-bond donors (Lipinski definition) is 2. The Morgan fingerprint density at radius 2 is 1.85 bits per heavy atom. The van der Waals surface area contributed by atoms with Gasteiger partial charge in [0, 0.05) is 52.8 Å². The third kappa shape index (κ3) is 12.7. The van der Waals surface area contributed by atoms with Gasteiger partial charge in [0.1, 0.15) is 53.1 Å². The van der Waals surface area contributed by atoms with Crippen LogP contribution in [0.4, 0.5) is 10.5 Å². The van der Waals surface area contributed by atoms with Gasteiger partial charge in [0.2, 0.25) is 11.8 Å². The quantitative estimate of drug-likeness (QED) is 0.0820. The number of epoxide rings is 1. The summed E-state index contributed by atoms with van der Waals surface area (Å²) >= 11 is 6.78. The van der Waals surface area contributed by atoms with E-state index >= 15 is 0 Å².